The molecule has 0 radical (unpaired) electrons. The quantitative estimate of drug-likeness (QED) is 0.602. The summed E-state index contributed by atoms with van der Waals surface area (Å²) in [6.07, 6.45) is 1.72. The van der Waals surface area contributed by atoms with E-state index in [4.69, 9.17) is 9.47 Å². The number of benzene rings is 3. The zero-order valence-electron chi connectivity index (χ0n) is 14.8. The summed E-state index contributed by atoms with van der Waals surface area (Å²) in [5.74, 6) is 1.05. The van der Waals surface area contributed by atoms with Crippen LogP contribution in [0.2, 0.25) is 0 Å². The summed E-state index contributed by atoms with van der Waals surface area (Å²) in [5.41, 5.74) is 1.71. The van der Waals surface area contributed by atoms with Crippen molar-refractivity contribution in [3.63, 3.8) is 0 Å². The van der Waals surface area contributed by atoms with Gasteiger partial charge in [-0.2, -0.15) is 0 Å². The van der Waals surface area contributed by atoms with Crippen molar-refractivity contribution in [3.05, 3.63) is 76.7 Å². The first-order chi connectivity index (χ1) is 13.7. The molecule has 6 heteroatoms. The highest BCUT2D eigenvalue weighted by Crippen LogP contribution is 2.36. The molecule has 0 spiro atoms. The average molecular weight is 389 g/mol. The molecule has 0 unspecified atom stereocenters. The van der Waals surface area contributed by atoms with E-state index in [1.54, 1.807) is 18.2 Å². The van der Waals surface area contributed by atoms with Gasteiger partial charge in [0.05, 0.1) is 11.4 Å². The SMILES string of the molecule is O=C1S/C(=C\c2ccc3c(c2)OCO3)C(=O)N1Cc1ccc2ccccc2c1. The first-order valence-electron chi connectivity index (χ1n) is 8.80. The lowest BCUT2D eigenvalue weighted by Crippen LogP contribution is -2.27. The molecule has 138 valence electrons. The topological polar surface area (TPSA) is 55.8 Å². The van der Waals surface area contributed by atoms with Crippen molar-refractivity contribution in [2.24, 2.45) is 0 Å². The molecule has 5 nitrogen and oxygen atoms in total. The summed E-state index contributed by atoms with van der Waals surface area (Å²) < 4.78 is 10.7. The van der Waals surface area contributed by atoms with E-state index in [9.17, 15) is 9.59 Å². The van der Waals surface area contributed by atoms with Gasteiger partial charge in [0, 0.05) is 0 Å². The second kappa shape index (κ2) is 6.73. The number of amides is 2. The van der Waals surface area contributed by atoms with Gasteiger partial charge in [-0.15, -0.1) is 0 Å². The Morgan fingerprint density at radius 2 is 1.75 bits per heavy atom. The number of thioether (sulfide) groups is 1. The normalized spacial score (nSPS) is 17.1. The monoisotopic (exact) mass is 389 g/mol. The van der Waals surface area contributed by atoms with Gasteiger partial charge in [-0.1, -0.05) is 42.5 Å². The third kappa shape index (κ3) is 3.01. The van der Waals surface area contributed by atoms with E-state index in [1.165, 1.54) is 4.90 Å². The zero-order valence-corrected chi connectivity index (χ0v) is 15.6. The molecule has 3 aromatic rings. The van der Waals surface area contributed by atoms with Crippen LogP contribution in [-0.2, 0) is 11.3 Å². The minimum absolute atomic E-state index is 0.195. The van der Waals surface area contributed by atoms with E-state index in [0.29, 0.717) is 16.4 Å². The molecule has 0 atom stereocenters. The Morgan fingerprint density at radius 3 is 2.64 bits per heavy atom. The lowest BCUT2D eigenvalue weighted by atomic mass is 10.1. The molecule has 28 heavy (non-hydrogen) atoms. The fourth-order valence-corrected chi connectivity index (χ4v) is 4.15. The van der Waals surface area contributed by atoms with Gasteiger partial charge >= 0.3 is 0 Å². The molecule has 0 bridgehead atoms. The summed E-state index contributed by atoms with van der Waals surface area (Å²) in [6, 6.07) is 19.4. The highest BCUT2D eigenvalue weighted by atomic mass is 32.2. The minimum Gasteiger partial charge on any atom is -0.454 e. The molecule has 0 aromatic heterocycles. The van der Waals surface area contributed by atoms with E-state index >= 15 is 0 Å². The third-order valence-electron chi connectivity index (χ3n) is 4.72. The molecule has 1 fully saturated rings. The van der Waals surface area contributed by atoms with Gasteiger partial charge in [-0.3, -0.25) is 14.5 Å². The Morgan fingerprint density at radius 1 is 0.929 bits per heavy atom. The highest BCUT2D eigenvalue weighted by molar-refractivity contribution is 8.18. The molecule has 2 amide bonds. The summed E-state index contributed by atoms with van der Waals surface area (Å²) in [7, 11) is 0. The zero-order chi connectivity index (χ0) is 19.1. The lowest BCUT2D eigenvalue weighted by molar-refractivity contribution is -0.123. The predicted octanol–water partition coefficient (Wildman–Crippen LogP) is 4.81. The fraction of sp³-hybridized carbons (Fsp3) is 0.0909. The molecule has 2 aliphatic rings. The van der Waals surface area contributed by atoms with Crippen molar-refractivity contribution in [2.45, 2.75) is 6.54 Å². The van der Waals surface area contributed by atoms with Crippen molar-refractivity contribution in [1.29, 1.82) is 0 Å². The third-order valence-corrected chi connectivity index (χ3v) is 5.63. The summed E-state index contributed by atoms with van der Waals surface area (Å²) in [4.78, 5) is 26.9. The Bertz CT molecular complexity index is 1150. The maximum Gasteiger partial charge on any atom is 0.293 e. The summed E-state index contributed by atoms with van der Waals surface area (Å²) >= 11 is 0.959. The van der Waals surface area contributed by atoms with Gasteiger partial charge in [0.15, 0.2) is 11.5 Å². The second-order valence-electron chi connectivity index (χ2n) is 6.56. The maximum atomic E-state index is 12.8. The standard InChI is InChI=1S/C22H15NO4S/c24-21-20(11-14-6-8-18-19(10-14)27-13-26-18)28-22(25)23(21)12-15-5-7-16-3-1-2-4-17(16)9-15/h1-11H,12-13H2/b20-11-. The van der Waals surface area contributed by atoms with Crippen molar-refractivity contribution in [2.75, 3.05) is 6.79 Å². The number of rotatable bonds is 3. The molecule has 2 heterocycles. The van der Waals surface area contributed by atoms with Gasteiger partial charge in [0.2, 0.25) is 6.79 Å². The van der Waals surface area contributed by atoms with Crippen LogP contribution in [-0.4, -0.2) is 22.8 Å². The molecule has 0 N–H and O–H groups in total. The number of ether oxygens (including phenoxy) is 2. The fourth-order valence-electron chi connectivity index (χ4n) is 3.31. The van der Waals surface area contributed by atoms with Crippen LogP contribution in [0.4, 0.5) is 4.79 Å². The first-order valence-corrected chi connectivity index (χ1v) is 9.62. The number of imide groups is 1. The Labute approximate surface area is 165 Å². The van der Waals surface area contributed by atoms with Gasteiger partial charge < -0.3 is 9.47 Å². The van der Waals surface area contributed by atoms with Crippen LogP contribution in [0, 0.1) is 0 Å². The number of fused-ring (bicyclic) bond motifs is 2. The second-order valence-corrected chi connectivity index (χ2v) is 7.56. The first kappa shape index (κ1) is 16.9. The van der Waals surface area contributed by atoms with Crippen LogP contribution < -0.4 is 9.47 Å². The average Bonchev–Trinajstić information content (AvgIpc) is 3.27. The van der Waals surface area contributed by atoms with Crippen molar-refractivity contribution >= 4 is 39.8 Å². The van der Waals surface area contributed by atoms with Crippen molar-refractivity contribution < 1.29 is 19.1 Å². The molecule has 2 aliphatic heterocycles. The number of carbonyl (C=O) groups excluding carboxylic acids is 2. The maximum absolute atomic E-state index is 12.8. The number of nitrogens with zero attached hydrogens (tertiary/aromatic N) is 1. The highest BCUT2D eigenvalue weighted by Gasteiger charge is 2.35. The largest absolute Gasteiger partial charge is 0.454 e. The van der Waals surface area contributed by atoms with E-state index in [2.05, 4.69) is 0 Å². The minimum atomic E-state index is -0.277. The lowest BCUT2D eigenvalue weighted by Gasteiger charge is -2.13. The molecular formula is C22H15NO4S. The van der Waals surface area contributed by atoms with Crippen LogP contribution in [0.25, 0.3) is 16.8 Å². The molecule has 3 aromatic carbocycles. The van der Waals surface area contributed by atoms with Crippen LogP contribution in [0.3, 0.4) is 0 Å². The number of hydrogen-bond donors (Lipinski definition) is 0. The van der Waals surface area contributed by atoms with Gasteiger partial charge in [0.1, 0.15) is 0 Å². The summed E-state index contributed by atoms with van der Waals surface area (Å²) in [6.45, 7) is 0.453. The Balaban J connectivity index is 1.39. The van der Waals surface area contributed by atoms with E-state index < -0.39 is 0 Å². The van der Waals surface area contributed by atoms with Gasteiger partial charge in [-0.05, 0) is 57.9 Å². The van der Waals surface area contributed by atoms with Gasteiger partial charge in [0.25, 0.3) is 11.1 Å². The molecule has 5 rings (SSSR count). The van der Waals surface area contributed by atoms with Gasteiger partial charge in [-0.25, -0.2) is 0 Å². The smallest absolute Gasteiger partial charge is 0.293 e. The molecule has 0 saturated carbocycles. The molecule has 1 saturated heterocycles. The Kier molecular flexibility index (Phi) is 4.06. The van der Waals surface area contributed by atoms with Crippen molar-refractivity contribution in [3.8, 4) is 11.5 Å². The van der Waals surface area contributed by atoms with E-state index in [1.807, 2.05) is 48.5 Å². The molecule has 0 aliphatic carbocycles. The molecular weight excluding hydrogens is 374 g/mol. The van der Waals surface area contributed by atoms with Crippen LogP contribution >= 0.6 is 11.8 Å². The number of carbonyl (C=O) groups is 2. The Hall–Kier alpha value is -3.25. The summed E-state index contributed by atoms with van der Waals surface area (Å²) in [5, 5.41) is 1.95. The predicted molar refractivity (Wildman–Crippen MR) is 108 cm³/mol. The van der Waals surface area contributed by atoms with Crippen LogP contribution in [0.1, 0.15) is 11.1 Å². The number of hydrogen-bond acceptors (Lipinski definition) is 5. The van der Waals surface area contributed by atoms with Crippen LogP contribution in [0.5, 0.6) is 11.5 Å². The van der Waals surface area contributed by atoms with E-state index in [0.717, 1.165) is 33.7 Å². The van der Waals surface area contributed by atoms with Crippen LogP contribution in [0.15, 0.2) is 65.6 Å². The van der Waals surface area contributed by atoms with E-state index in [-0.39, 0.29) is 24.5 Å². The van der Waals surface area contributed by atoms with Crippen molar-refractivity contribution in [1.82, 2.24) is 4.90 Å².